The first kappa shape index (κ1) is 12.3. The van der Waals surface area contributed by atoms with Crippen molar-refractivity contribution in [3.8, 4) is 0 Å². The molecule has 0 aliphatic heterocycles. The Kier molecular flexibility index (Phi) is 6.06. The normalized spacial score (nSPS) is 15.8. The molecule has 0 fully saturated rings. The van der Waals surface area contributed by atoms with Crippen molar-refractivity contribution in [3.05, 3.63) is 0 Å². The summed E-state index contributed by atoms with van der Waals surface area (Å²) in [5, 5.41) is -0.773. The monoisotopic (exact) mass is 232 g/mol. The lowest BCUT2D eigenvalue weighted by Crippen LogP contribution is -2.28. The molecule has 0 aromatic heterocycles. The summed E-state index contributed by atoms with van der Waals surface area (Å²) < 4.78 is 4.69. The highest BCUT2D eigenvalue weighted by atomic mass is 35.5. The van der Waals surface area contributed by atoms with Crippen LogP contribution in [0.2, 0.25) is 0 Å². The van der Waals surface area contributed by atoms with Crippen molar-refractivity contribution >= 4 is 40.8 Å². The van der Waals surface area contributed by atoms with Crippen molar-refractivity contribution in [2.45, 2.75) is 24.1 Å². The van der Waals surface area contributed by atoms with E-state index in [9.17, 15) is 4.79 Å². The van der Waals surface area contributed by atoms with E-state index < -0.39 is 16.2 Å². The average molecular weight is 234 g/mol. The fraction of sp³-hybridized carbons (Fsp3) is 0.857. The fourth-order valence-corrected chi connectivity index (χ4v) is 1.21. The number of hydrogen-bond donors (Lipinski definition) is 0. The first-order valence-electron chi connectivity index (χ1n) is 3.59. The molecular formula is C7H11Cl3O2. The summed E-state index contributed by atoms with van der Waals surface area (Å²) >= 11 is 16.8. The van der Waals surface area contributed by atoms with Crippen LogP contribution in [0.1, 0.15) is 13.8 Å². The molecule has 72 valence electrons. The molecule has 0 N–H and O–H groups in total. The minimum atomic E-state index is -0.773. The molecule has 0 saturated heterocycles. The third kappa shape index (κ3) is 3.83. The maximum atomic E-state index is 11.0. The Morgan fingerprint density at radius 2 is 1.92 bits per heavy atom. The molecule has 1 unspecified atom stereocenters. The molecule has 0 aromatic rings. The topological polar surface area (TPSA) is 26.3 Å². The number of hydrogen-bond acceptors (Lipinski definition) is 2. The smallest absolute Gasteiger partial charge is 0.324 e. The van der Waals surface area contributed by atoms with Crippen LogP contribution in [0.4, 0.5) is 0 Å². The Hall–Kier alpha value is 0.340. The first-order valence-corrected chi connectivity index (χ1v) is 4.90. The zero-order valence-electron chi connectivity index (χ0n) is 6.89. The van der Waals surface area contributed by atoms with Gasteiger partial charge in [-0.15, -0.1) is 34.8 Å². The van der Waals surface area contributed by atoms with Crippen LogP contribution in [-0.2, 0) is 9.53 Å². The van der Waals surface area contributed by atoms with Crippen LogP contribution >= 0.6 is 34.8 Å². The van der Waals surface area contributed by atoms with Gasteiger partial charge >= 0.3 is 5.97 Å². The maximum Gasteiger partial charge on any atom is 0.324 e. The summed E-state index contributed by atoms with van der Waals surface area (Å²) in [4.78, 5) is 10.4. The zero-order valence-corrected chi connectivity index (χ0v) is 9.16. The van der Waals surface area contributed by atoms with Gasteiger partial charge in [-0.1, -0.05) is 6.92 Å². The molecule has 0 heterocycles. The molecule has 0 saturated carbocycles. The molecule has 0 aromatic carbocycles. The van der Waals surface area contributed by atoms with Gasteiger partial charge in [0.05, 0.1) is 6.61 Å². The van der Waals surface area contributed by atoms with E-state index in [0.717, 1.165) is 0 Å². The van der Waals surface area contributed by atoms with Gasteiger partial charge in [0, 0.05) is 5.92 Å². The number of rotatable bonds is 4. The SMILES string of the molecule is CCOC(=O)C(Cl)[C@@H](C)C(Cl)Cl. The molecule has 0 bridgehead atoms. The quantitative estimate of drug-likeness (QED) is 0.551. The van der Waals surface area contributed by atoms with Crippen molar-refractivity contribution in [1.82, 2.24) is 0 Å². The summed E-state index contributed by atoms with van der Waals surface area (Å²) in [5.74, 6) is -0.785. The second-order valence-electron chi connectivity index (χ2n) is 2.35. The van der Waals surface area contributed by atoms with Gasteiger partial charge in [0.15, 0.2) is 0 Å². The van der Waals surface area contributed by atoms with Crippen molar-refractivity contribution in [2.24, 2.45) is 5.92 Å². The Bertz CT molecular complexity index is 150. The lowest BCUT2D eigenvalue weighted by atomic mass is 10.1. The second kappa shape index (κ2) is 5.90. The van der Waals surface area contributed by atoms with Gasteiger partial charge in [-0.05, 0) is 6.92 Å². The minimum absolute atomic E-state index is 0.310. The van der Waals surface area contributed by atoms with E-state index in [0.29, 0.717) is 6.61 Å². The van der Waals surface area contributed by atoms with Crippen LogP contribution in [0.5, 0.6) is 0 Å². The average Bonchev–Trinajstić information content (AvgIpc) is 2.02. The lowest BCUT2D eigenvalue weighted by molar-refractivity contribution is -0.143. The molecule has 5 heteroatoms. The highest BCUT2D eigenvalue weighted by Crippen LogP contribution is 2.22. The molecule has 0 amide bonds. The third-order valence-electron chi connectivity index (χ3n) is 1.37. The summed E-state index contributed by atoms with van der Waals surface area (Å²) in [6, 6.07) is 0. The van der Waals surface area contributed by atoms with Gasteiger partial charge in [0.1, 0.15) is 10.2 Å². The van der Waals surface area contributed by atoms with Crippen molar-refractivity contribution < 1.29 is 9.53 Å². The van der Waals surface area contributed by atoms with E-state index in [1.165, 1.54) is 0 Å². The lowest BCUT2D eigenvalue weighted by Gasteiger charge is -2.16. The van der Waals surface area contributed by atoms with Gasteiger partial charge < -0.3 is 4.74 Å². The van der Waals surface area contributed by atoms with Crippen LogP contribution in [0.15, 0.2) is 0 Å². The van der Waals surface area contributed by atoms with Gasteiger partial charge in [0.25, 0.3) is 0 Å². The third-order valence-corrected chi connectivity index (χ3v) is 2.74. The Morgan fingerprint density at radius 1 is 1.42 bits per heavy atom. The van der Waals surface area contributed by atoms with Crippen LogP contribution < -0.4 is 0 Å². The molecule has 0 radical (unpaired) electrons. The van der Waals surface area contributed by atoms with E-state index >= 15 is 0 Å². The van der Waals surface area contributed by atoms with Gasteiger partial charge in [-0.2, -0.15) is 0 Å². The largest absolute Gasteiger partial charge is 0.465 e. The number of esters is 1. The highest BCUT2D eigenvalue weighted by molar-refractivity contribution is 6.45. The zero-order chi connectivity index (χ0) is 9.72. The maximum absolute atomic E-state index is 11.0. The van der Waals surface area contributed by atoms with Crippen LogP contribution in [0, 0.1) is 5.92 Å². The van der Waals surface area contributed by atoms with E-state index in [-0.39, 0.29) is 5.92 Å². The van der Waals surface area contributed by atoms with Crippen LogP contribution in [0.3, 0.4) is 0 Å². The second-order valence-corrected chi connectivity index (χ2v) is 3.98. The van der Waals surface area contributed by atoms with Gasteiger partial charge in [-0.3, -0.25) is 4.79 Å². The Morgan fingerprint density at radius 3 is 2.25 bits per heavy atom. The first-order chi connectivity index (χ1) is 5.50. The standard InChI is InChI=1S/C7H11Cl3O2/c1-3-12-7(11)5(8)4(2)6(9)10/h4-6H,3H2,1-2H3/t4-,5?/m1/s1. The minimum Gasteiger partial charge on any atom is -0.465 e. The van der Waals surface area contributed by atoms with E-state index in [1.807, 2.05) is 0 Å². The molecular weight excluding hydrogens is 222 g/mol. The Labute approximate surface area is 87.1 Å². The van der Waals surface area contributed by atoms with Crippen LogP contribution in [0.25, 0.3) is 0 Å². The summed E-state index contributed by atoms with van der Waals surface area (Å²) in [6.45, 7) is 3.72. The van der Waals surface area contributed by atoms with Crippen molar-refractivity contribution in [3.63, 3.8) is 0 Å². The Balaban J connectivity index is 4.00. The fourth-order valence-electron chi connectivity index (χ4n) is 0.564. The number of halogens is 3. The predicted octanol–water partition coefficient (Wildman–Crippen LogP) is 2.60. The summed E-state index contributed by atoms with van der Waals surface area (Å²) in [7, 11) is 0. The summed E-state index contributed by atoms with van der Waals surface area (Å²) in [5.41, 5.74) is 0. The number of ether oxygens (including phenoxy) is 1. The molecule has 2 nitrogen and oxygen atoms in total. The van der Waals surface area contributed by atoms with Gasteiger partial charge in [-0.25, -0.2) is 0 Å². The molecule has 2 atom stereocenters. The van der Waals surface area contributed by atoms with Gasteiger partial charge in [0.2, 0.25) is 0 Å². The molecule has 0 aliphatic rings. The highest BCUT2D eigenvalue weighted by Gasteiger charge is 2.28. The number of alkyl halides is 3. The molecule has 12 heavy (non-hydrogen) atoms. The van der Waals surface area contributed by atoms with E-state index in [1.54, 1.807) is 13.8 Å². The predicted molar refractivity (Wildman–Crippen MR) is 50.9 cm³/mol. The van der Waals surface area contributed by atoms with E-state index in [4.69, 9.17) is 34.8 Å². The van der Waals surface area contributed by atoms with Crippen LogP contribution in [-0.4, -0.2) is 22.8 Å². The summed E-state index contributed by atoms with van der Waals surface area (Å²) in [6.07, 6.45) is 0. The van der Waals surface area contributed by atoms with E-state index in [2.05, 4.69) is 4.74 Å². The molecule has 0 aliphatic carbocycles. The molecule has 0 rings (SSSR count). The molecule has 0 spiro atoms. The van der Waals surface area contributed by atoms with Crippen molar-refractivity contribution in [2.75, 3.05) is 6.61 Å². The number of carbonyl (C=O) groups is 1. The number of carbonyl (C=O) groups excluding carboxylic acids is 1. The van der Waals surface area contributed by atoms with Crippen molar-refractivity contribution in [1.29, 1.82) is 0 Å².